The average Bonchev–Trinajstić information content (AvgIpc) is 3.20. The summed E-state index contributed by atoms with van der Waals surface area (Å²) < 4.78 is 2.13. The third-order valence-electron chi connectivity index (χ3n) is 5.30. The van der Waals surface area contributed by atoms with E-state index in [0.717, 1.165) is 49.6 Å². The van der Waals surface area contributed by atoms with Gasteiger partial charge in [0.15, 0.2) is 0 Å². The van der Waals surface area contributed by atoms with Crippen molar-refractivity contribution in [2.45, 2.75) is 45.6 Å². The van der Waals surface area contributed by atoms with Gasteiger partial charge in [0.1, 0.15) is 11.6 Å². The SMILES string of the molecule is Cc1ncc2cc(C3(C)CCN(Cc4cscn4)CC3)nc(C)n12. The van der Waals surface area contributed by atoms with Crippen molar-refractivity contribution in [2.75, 3.05) is 13.1 Å². The molecule has 6 heteroatoms. The number of fused-ring (bicyclic) bond motifs is 1. The number of hydrogen-bond donors (Lipinski definition) is 0. The zero-order chi connectivity index (χ0) is 16.7. The summed E-state index contributed by atoms with van der Waals surface area (Å²) in [5.74, 6) is 2.04. The van der Waals surface area contributed by atoms with Crippen LogP contribution >= 0.6 is 11.3 Å². The molecule has 0 atom stereocenters. The fourth-order valence-electron chi connectivity index (χ4n) is 3.70. The van der Waals surface area contributed by atoms with Crippen molar-refractivity contribution in [3.05, 3.63) is 46.2 Å². The molecule has 0 amide bonds. The molecule has 0 bridgehead atoms. The van der Waals surface area contributed by atoms with E-state index in [2.05, 4.69) is 44.6 Å². The van der Waals surface area contributed by atoms with Gasteiger partial charge in [0, 0.05) is 17.3 Å². The van der Waals surface area contributed by atoms with Crippen LogP contribution in [-0.4, -0.2) is 37.3 Å². The molecule has 5 nitrogen and oxygen atoms in total. The van der Waals surface area contributed by atoms with Gasteiger partial charge < -0.3 is 0 Å². The van der Waals surface area contributed by atoms with Gasteiger partial charge in [0.05, 0.1) is 28.6 Å². The fourth-order valence-corrected chi connectivity index (χ4v) is 4.25. The van der Waals surface area contributed by atoms with Gasteiger partial charge in [-0.25, -0.2) is 15.0 Å². The predicted octanol–water partition coefficient (Wildman–Crippen LogP) is 3.36. The van der Waals surface area contributed by atoms with Gasteiger partial charge in [-0.3, -0.25) is 9.30 Å². The minimum atomic E-state index is 0.142. The number of hydrogen-bond acceptors (Lipinski definition) is 5. The third-order valence-corrected chi connectivity index (χ3v) is 5.94. The van der Waals surface area contributed by atoms with Gasteiger partial charge in [-0.15, -0.1) is 11.3 Å². The maximum absolute atomic E-state index is 4.92. The van der Waals surface area contributed by atoms with Crippen LogP contribution in [0.15, 0.2) is 23.2 Å². The first-order valence-electron chi connectivity index (χ1n) is 8.47. The Morgan fingerprint density at radius 3 is 2.67 bits per heavy atom. The van der Waals surface area contributed by atoms with E-state index in [1.165, 1.54) is 11.4 Å². The highest BCUT2D eigenvalue weighted by Crippen LogP contribution is 2.35. The second-order valence-electron chi connectivity index (χ2n) is 7.07. The topological polar surface area (TPSA) is 46.3 Å². The summed E-state index contributed by atoms with van der Waals surface area (Å²) in [6.45, 7) is 9.62. The minimum absolute atomic E-state index is 0.142. The maximum Gasteiger partial charge on any atom is 0.111 e. The average molecular weight is 341 g/mol. The number of likely N-dealkylation sites (tertiary alicyclic amines) is 1. The van der Waals surface area contributed by atoms with E-state index in [1.807, 2.05) is 18.6 Å². The van der Waals surface area contributed by atoms with Crippen LogP contribution in [0.25, 0.3) is 5.52 Å². The Labute approximate surface area is 146 Å². The van der Waals surface area contributed by atoms with Crippen molar-refractivity contribution in [2.24, 2.45) is 0 Å². The molecule has 0 saturated carbocycles. The number of piperidine rings is 1. The molecule has 1 fully saturated rings. The lowest BCUT2D eigenvalue weighted by atomic mass is 9.77. The maximum atomic E-state index is 4.92. The third kappa shape index (κ3) is 2.74. The molecule has 0 aromatic carbocycles. The van der Waals surface area contributed by atoms with Crippen LogP contribution in [-0.2, 0) is 12.0 Å². The lowest BCUT2D eigenvalue weighted by Crippen LogP contribution is -2.41. The summed E-state index contributed by atoms with van der Waals surface area (Å²) >= 11 is 1.67. The Morgan fingerprint density at radius 2 is 1.96 bits per heavy atom. The Hall–Kier alpha value is -1.79. The highest BCUT2D eigenvalue weighted by Gasteiger charge is 2.33. The van der Waals surface area contributed by atoms with E-state index in [0.29, 0.717) is 0 Å². The number of rotatable bonds is 3. The lowest BCUT2D eigenvalue weighted by molar-refractivity contribution is 0.158. The Bertz CT molecular complexity index is 844. The number of imidazole rings is 1. The molecular weight excluding hydrogens is 318 g/mol. The van der Waals surface area contributed by atoms with Crippen molar-refractivity contribution in [1.82, 2.24) is 24.3 Å². The van der Waals surface area contributed by atoms with Gasteiger partial charge in [0.25, 0.3) is 0 Å². The smallest absolute Gasteiger partial charge is 0.111 e. The highest BCUT2D eigenvalue weighted by molar-refractivity contribution is 7.07. The quantitative estimate of drug-likeness (QED) is 0.733. The summed E-state index contributed by atoms with van der Waals surface area (Å²) in [6, 6.07) is 2.23. The summed E-state index contributed by atoms with van der Waals surface area (Å²) in [5, 5.41) is 2.15. The standard InChI is InChI=1S/C18H23N5S/c1-13-19-9-16-8-17(21-14(2)23(13)16)18(3)4-6-22(7-5-18)10-15-11-24-12-20-15/h8-9,11-12H,4-7,10H2,1-3H3. The largest absolute Gasteiger partial charge is 0.297 e. The van der Waals surface area contributed by atoms with E-state index in [4.69, 9.17) is 4.98 Å². The van der Waals surface area contributed by atoms with E-state index >= 15 is 0 Å². The Morgan fingerprint density at radius 1 is 1.17 bits per heavy atom. The van der Waals surface area contributed by atoms with Crippen LogP contribution in [0.1, 0.15) is 42.8 Å². The van der Waals surface area contributed by atoms with E-state index in [1.54, 1.807) is 11.3 Å². The normalized spacial score (nSPS) is 18.3. The molecule has 4 rings (SSSR count). The van der Waals surface area contributed by atoms with Crippen molar-refractivity contribution in [3.8, 4) is 0 Å². The Balaban J connectivity index is 1.54. The van der Waals surface area contributed by atoms with Crippen LogP contribution in [0.3, 0.4) is 0 Å². The van der Waals surface area contributed by atoms with Crippen molar-refractivity contribution >= 4 is 16.9 Å². The van der Waals surface area contributed by atoms with E-state index in [-0.39, 0.29) is 5.41 Å². The molecule has 3 aromatic rings. The summed E-state index contributed by atoms with van der Waals surface area (Å²) in [6.07, 6.45) is 4.22. The number of nitrogens with zero attached hydrogens (tertiary/aromatic N) is 5. The zero-order valence-corrected chi connectivity index (χ0v) is 15.3. The van der Waals surface area contributed by atoms with Crippen molar-refractivity contribution in [3.63, 3.8) is 0 Å². The molecule has 0 N–H and O–H groups in total. The molecule has 24 heavy (non-hydrogen) atoms. The lowest BCUT2D eigenvalue weighted by Gasteiger charge is -2.39. The minimum Gasteiger partial charge on any atom is -0.297 e. The molecule has 1 saturated heterocycles. The van der Waals surface area contributed by atoms with E-state index < -0.39 is 0 Å². The van der Waals surface area contributed by atoms with Crippen molar-refractivity contribution < 1.29 is 0 Å². The zero-order valence-electron chi connectivity index (χ0n) is 14.5. The van der Waals surface area contributed by atoms with Gasteiger partial charge in [0.2, 0.25) is 0 Å². The van der Waals surface area contributed by atoms with Crippen molar-refractivity contribution in [1.29, 1.82) is 0 Å². The second-order valence-corrected chi connectivity index (χ2v) is 7.79. The van der Waals surface area contributed by atoms with Crippen LogP contribution < -0.4 is 0 Å². The van der Waals surface area contributed by atoms with Crippen LogP contribution in [0.2, 0.25) is 0 Å². The number of aryl methyl sites for hydroxylation is 2. The first-order chi connectivity index (χ1) is 11.5. The molecule has 3 aromatic heterocycles. The fraction of sp³-hybridized carbons (Fsp3) is 0.500. The van der Waals surface area contributed by atoms with Gasteiger partial charge >= 0.3 is 0 Å². The molecular formula is C18H23N5S. The molecule has 1 aliphatic heterocycles. The molecule has 0 radical (unpaired) electrons. The second kappa shape index (κ2) is 5.93. The van der Waals surface area contributed by atoms with Gasteiger partial charge in [-0.2, -0.15) is 0 Å². The Kier molecular flexibility index (Phi) is 3.89. The predicted molar refractivity (Wildman–Crippen MR) is 96.4 cm³/mol. The summed E-state index contributed by atoms with van der Waals surface area (Å²) in [7, 11) is 0. The van der Waals surface area contributed by atoms with Gasteiger partial charge in [-0.1, -0.05) is 6.92 Å². The molecule has 4 heterocycles. The monoisotopic (exact) mass is 341 g/mol. The highest BCUT2D eigenvalue weighted by atomic mass is 32.1. The van der Waals surface area contributed by atoms with Crippen LogP contribution in [0.4, 0.5) is 0 Å². The first-order valence-corrected chi connectivity index (χ1v) is 9.41. The number of aromatic nitrogens is 4. The molecule has 126 valence electrons. The van der Waals surface area contributed by atoms with E-state index in [9.17, 15) is 0 Å². The number of thiazole rings is 1. The first kappa shape index (κ1) is 15.7. The van der Waals surface area contributed by atoms with Crippen LogP contribution in [0.5, 0.6) is 0 Å². The summed E-state index contributed by atoms with van der Waals surface area (Å²) in [4.78, 5) is 16.3. The molecule has 0 spiro atoms. The molecule has 0 unspecified atom stereocenters. The molecule has 0 aliphatic carbocycles. The summed E-state index contributed by atoms with van der Waals surface area (Å²) in [5.41, 5.74) is 5.61. The molecule has 1 aliphatic rings. The van der Waals surface area contributed by atoms with Gasteiger partial charge in [-0.05, 0) is 45.8 Å². The van der Waals surface area contributed by atoms with Crippen LogP contribution in [0, 0.1) is 13.8 Å².